The summed E-state index contributed by atoms with van der Waals surface area (Å²) in [4.78, 5) is 14.1. The lowest BCUT2D eigenvalue weighted by Gasteiger charge is -2.38. The van der Waals surface area contributed by atoms with Crippen LogP contribution >= 0.6 is 0 Å². The smallest absolute Gasteiger partial charge is 0.406 e. The zero-order chi connectivity index (χ0) is 28.9. The number of ether oxygens (including phenoxy) is 1. The number of sulfonamides is 1. The van der Waals surface area contributed by atoms with Gasteiger partial charge in [0.05, 0.1) is 4.90 Å². The molecule has 0 bridgehead atoms. The van der Waals surface area contributed by atoms with E-state index in [0.29, 0.717) is 31.9 Å². The molecule has 1 aromatic carbocycles. The summed E-state index contributed by atoms with van der Waals surface area (Å²) in [7, 11) is -3.81. The molecular weight excluding hydrogens is 557 g/mol. The van der Waals surface area contributed by atoms with Crippen LogP contribution in [0.3, 0.4) is 0 Å². The van der Waals surface area contributed by atoms with Crippen molar-refractivity contribution in [3.8, 4) is 5.75 Å². The zero-order valence-electron chi connectivity index (χ0n) is 23.2. The molecule has 13 heteroatoms. The van der Waals surface area contributed by atoms with Gasteiger partial charge in [-0.1, -0.05) is 19.3 Å². The van der Waals surface area contributed by atoms with Crippen molar-refractivity contribution in [1.82, 2.24) is 19.2 Å². The quantitative estimate of drug-likeness (QED) is 0.484. The van der Waals surface area contributed by atoms with Gasteiger partial charge in [-0.2, -0.15) is 9.29 Å². The summed E-state index contributed by atoms with van der Waals surface area (Å²) >= 11 is 0. The van der Waals surface area contributed by atoms with Crippen molar-refractivity contribution >= 4 is 21.8 Å². The van der Waals surface area contributed by atoms with Crippen molar-refractivity contribution in [3.63, 3.8) is 0 Å². The van der Waals surface area contributed by atoms with E-state index in [9.17, 15) is 21.6 Å². The average molecular weight is 597 g/mol. The van der Waals surface area contributed by atoms with E-state index in [1.54, 1.807) is 0 Å². The molecule has 0 saturated carbocycles. The maximum absolute atomic E-state index is 13.2. The van der Waals surface area contributed by atoms with Crippen molar-refractivity contribution < 1.29 is 26.3 Å². The average Bonchev–Trinajstić information content (AvgIpc) is 3.36. The second-order valence-electron chi connectivity index (χ2n) is 11.1. The van der Waals surface area contributed by atoms with Crippen molar-refractivity contribution in [2.24, 2.45) is 0 Å². The lowest BCUT2D eigenvalue weighted by molar-refractivity contribution is -0.274. The first-order valence-corrected chi connectivity index (χ1v) is 16.1. The van der Waals surface area contributed by atoms with Crippen molar-refractivity contribution in [3.05, 3.63) is 36.5 Å². The Labute approximate surface area is 240 Å². The topological polar surface area (TPSA) is 90.9 Å². The third-order valence-electron chi connectivity index (χ3n) is 8.24. The summed E-state index contributed by atoms with van der Waals surface area (Å²) in [5, 5.41) is 3.58. The van der Waals surface area contributed by atoms with E-state index in [1.807, 2.05) is 12.3 Å². The van der Waals surface area contributed by atoms with Gasteiger partial charge in [-0.25, -0.2) is 13.4 Å². The highest BCUT2D eigenvalue weighted by Gasteiger charge is 2.34. The highest BCUT2D eigenvalue weighted by atomic mass is 32.2. The molecule has 1 N–H and O–H groups in total. The first kappa shape index (κ1) is 29.8. The fraction of sp³-hybridized carbons (Fsp3) is 0.643. The second-order valence-corrected chi connectivity index (χ2v) is 13.1. The molecule has 1 aromatic heterocycles. The van der Waals surface area contributed by atoms with Gasteiger partial charge in [-0.05, 0) is 75.4 Å². The Bertz CT molecular complexity index is 1230. The van der Waals surface area contributed by atoms with E-state index in [1.165, 1.54) is 30.0 Å². The molecular formula is C28H39F3N6O3S. The largest absolute Gasteiger partial charge is 0.573 e. The first-order chi connectivity index (χ1) is 19.7. The number of alkyl halides is 3. The minimum Gasteiger partial charge on any atom is -0.406 e. The molecule has 0 radical (unpaired) electrons. The molecule has 5 rings (SSSR count). The number of rotatable bonds is 7. The number of nitrogens with one attached hydrogen (secondary N) is 1. The normalized spacial score (nSPS) is 22.6. The lowest BCUT2D eigenvalue weighted by Crippen LogP contribution is -2.49. The third-order valence-corrected chi connectivity index (χ3v) is 10.2. The second kappa shape index (κ2) is 13.1. The van der Waals surface area contributed by atoms with Gasteiger partial charge >= 0.3 is 6.36 Å². The number of hydrogen-bond acceptors (Lipinski definition) is 8. The van der Waals surface area contributed by atoms with Gasteiger partial charge in [0.15, 0.2) is 0 Å². The molecule has 0 amide bonds. The number of aromatic nitrogens is 2. The monoisotopic (exact) mass is 596 g/mol. The summed E-state index contributed by atoms with van der Waals surface area (Å²) in [5.41, 5.74) is 0. The van der Waals surface area contributed by atoms with E-state index in [4.69, 9.17) is 4.98 Å². The molecule has 0 aliphatic carbocycles. The van der Waals surface area contributed by atoms with Gasteiger partial charge in [0.1, 0.15) is 11.6 Å². The fourth-order valence-corrected chi connectivity index (χ4v) is 7.58. The summed E-state index contributed by atoms with van der Waals surface area (Å²) in [6.07, 6.45) is 6.51. The van der Waals surface area contributed by atoms with E-state index in [2.05, 4.69) is 24.8 Å². The molecule has 4 heterocycles. The van der Waals surface area contributed by atoms with Gasteiger partial charge in [0.2, 0.25) is 16.0 Å². The van der Waals surface area contributed by atoms with Crippen LogP contribution in [0.25, 0.3) is 0 Å². The van der Waals surface area contributed by atoms with Crippen LogP contribution < -0.4 is 15.0 Å². The minimum atomic E-state index is -4.83. The van der Waals surface area contributed by atoms with Gasteiger partial charge in [-0.15, -0.1) is 13.2 Å². The number of halogens is 3. The number of benzene rings is 1. The summed E-state index contributed by atoms with van der Waals surface area (Å²) in [5.74, 6) is 1.19. The third kappa shape index (κ3) is 8.01. The fourth-order valence-electron chi connectivity index (χ4n) is 6.11. The molecule has 3 aliphatic heterocycles. The molecule has 226 valence electrons. The van der Waals surface area contributed by atoms with Crippen LogP contribution in [0.15, 0.2) is 41.4 Å². The van der Waals surface area contributed by atoms with Crippen LogP contribution in [0.1, 0.15) is 57.8 Å². The van der Waals surface area contributed by atoms with Crippen LogP contribution in [0.2, 0.25) is 0 Å². The Hall–Kier alpha value is -2.64. The number of nitrogens with zero attached hydrogens (tertiary/aromatic N) is 5. The number of piperidine rings is 1. The van der Waals surface area contributed by atoms with Gasteiger partial charge in [0, 0.05) is 51.0 Å². The zero-order valence-corrected chi connectivity index (χ0v) is 24.0. The van der Waals surface area contributed by atoms with E-state index < -0.39 is 22.1 Å². The van der Waals surface area contributed by atoms with E-state index in [0.717, 1.165) is 75.5 Å². The summed E-state index contributed by atoms with van der Waals surface area (Å²) in [6, 6.07) is 6.85. The Balaban J connectivity index is 1.16. The number of anilines is 2. The molecule has 3 saturated heterocycles. The van der Waals surface area contributed by atoms with Gasteiger partial charge in [-0.3, -0.25) is 4.90 Å². The van der Waals surface area contributed by atoms with Crippen molar-refractivity contribution in [1.29, 1.82) is 0 Å². The number of likely N-dealkylation sites (tertiary alicyclic amines) is 1. The summed E-state index contributed by atoms with van der Waals surface area (Å²) in [6.45, 7) is 4.59. The summed E-state index contributed by atoms with van der Waals surface area (Å²) < 4.78 is 69.0. The minimum absolute atomic E-state index is 0.0353. The first-order valence-electron chi connectivity index (χ1n) is 14.6. The Morgan fingerprint density at radius 2 is 1.54 bits per heavy atom. The molecule has 3 fully saturated rings. The van der Waals surface area contributed by atoms with E-state index in [-0.39, 0.29) is 17.0 Å². The predicted octanol–water partition coefficient (Wildman–Crippen LogP) is 4.88. The van der Waals surface area contributed by atoms with Crippen LogP contribution in [0.4, 0.5) is 24.9 Å². The molecule has 1 atom stereocenters. The highest BCUT2D eigenvalue weighted by Crippen LogP contribution is 2.28. The lowest BCUT2D eigenvalue weighted by atomic mass is 10.0. The molecule has 2 aromatic rings. The van der Waals surface area contributed by atoms with E-state index >= 15 is 0 Å². The van der Waals surface area contributed by atoms with Gasteiger partial charge in [0.25, 0.3) is 0 Å². The number of hydrogen-bond donors (Lipinski definition) is 1. The van der Waals surface area contributed by atoms with Crippen molar-refractivity contribution in [2.45, 2.75) is 81.1 Å². The molecule has 1 unspecified atom stereocenters. The van der Waals surface area contributed by atoms with Crippen LogP contribution in [0, 0.1) is 0 Å². The predicted molar refractivity (Wildman–Crippen MR) is 150 cm³/mol. The van der Waals surface area contributed by atoms with Crippen molar-refractivity contribution in [2.75, 3.05) is 49.5 Å². The maximum Gasteiger partial charge on any atom is 0.573 e. The van der Waals surface area contributed by atoms with Crippen LogP contribution in [-0.4, -0.2) is 85.3 Å². The SMILES string of the molecule is O=S(=O)(c1ccc(OC(F)(F)F)cc1)N1CCC(N2CCCCC(Nc3nccc(N4CCCCCC4)n3)C2)CC1. The highest BCUT2D eigenvalue weighted by molar-refractivity contribution is 7.89. The van der Waals surface area contributed by atoms with Crippen LogP contribution in [-0.2, 0) is 10.0 Å². The Morgan fingerprint density at radius 3 is 2.22 bits per heavy atom. The maximum atomic E-state index is 13.2. The van der Waals surface area contributed by atoms with Crippen LogP contribution in [0.5, 0.6) is 5.75 Å². The molecule has 41 heavy (non-hydrogen) atoms. The molecule has 9 nitrogen and oxygen atoms in total. The van der Waals surface area contributed by atoms with Gasteiger partial charge < -0.3 is 15.0 Å². The molecule has 0 spiro atoms. The standard InChI is InChI=1S/C28H39F3N6O3S/c29-28(30,31)40-24-8-10-25(11-9-24)41(38,39)37-19-13-23(14-20-37)36-18-6-3-7-22(21-36)33-27-32-15-12-26(34-27)35-16-4-1-2-5-17-35/h8-12,15,22-23H,1-7,13-14,16-21H2,(H,32,33,34). The molecule has 3 aliphatic rings. The Kier molecular flexibility index (Phi) is 9.55. The Morgan fingerprint density at radius 1 is 0.854 bits per heavy atom.